The lowest BCUT2D eigenvalue weighted by atomic mass is 10.1. The minimum atomic E-state index is -0.990. The van der Waals surface area contributed by atoms with Gasteiger partial charge in [-0.25, -0.2) is 13.6 Å². The zero-order chi connectivity index (χ0) is 13.9. The van der Waals surface area contributed by atoms with Crippen molar-refractivity contribution in [2.45, 2.75) is 26.3 Å². The molecule has 0 atom stereocenters. The molecule has 1 aromatic rings. The summed E-state index contributed by atoms with van der Waals surface area (Å²) in [5, 5.41) is 13.5. The zero-order valence-corrected chi connectivity index (χ0v) is 10.3. The predicted molar refractivity (Wildman–Crippen MR) is 63.0 cm³/mol. The fraction of sp³-hybridized carbons (Fsp3) is 0.333. The first-order chi connectivity index (χ1) is 8.23. The van der Waals surface area contributed by atoms with Crippen molar-refractivity contribution in [3.63, 3.8) is 0 Å². The van der Waals surface area contributed by atoms with Crippen molar-refractivity contribution in [1.82, 2.24) is 5.32 Å². The van der Waals surface area contributed by atoms with Crippen LogP contribution in [0.3, 0.4) is 0 Å². The van der Waals surface area contributed by atoms with E-state index >= 15 is 0 Å². The van der Waals surface area contributed by atoms with E-state index in [0.29, 0.717) is 6.07 Å². The maximum absolute atomic E-state index is 13.5. The molecule has 4 nitrogen and oxygen atoms in total. The van der Waals surface area contributed by atoms with Crippen molar-refractivity contribution in [2.75, 3.05) is 5.32 Å². The topological polar surface area (TPSA) is 64.9 Å². The van der Waals surface area contributed by atoms with Crippen LogP contribution in [0.2, 0.25) is 0 Å². The Morgan fingerprint density at radius 1 is 1.33 bits per heavy atom. The normalized spacial score (nSPS) is 10.7. The summed E-state index contributed by atoms with van der Waals surface area (Å²) in [7, 11) is 0. The van der Waals surface area contributed by atoms with Crippen molar-refractivity contribution >= 4 is 11.7 Å². The highest BCUT2D eigenvalue weighted by atomic mass is 19.1. The third-order valence-corrected chi connectivity index (χ3v) is 1.90. The van der Waals surface area contributed by atoms with E-state index in [-0.39, 0.29) is 11.3 Å². The molecule has 0 heterocycles. The van der Waals surface area contributed by atoms with Crippen LogP contribution in [-0.2, 0) is 0 Å². The van der Waals surface area contributed by atoms with Crippen LogP contribution in [0.25, 0.3) is 0 Å². The number of nitrogens with one attached hydrogen (secondary N) is 2. The molecule has 0 aliphatic carbocycles. The first-order valence-corrected chi connectivity index (χ1v) is 5.21. The largest absolute Gasteiger partial charge is 0.333 e. The Morgan fingerprint density at radius 2 is 1.94 bits per heavy atom. The van der Waals surface area contributed by atoms with Gasteiger partial charge in [-0.15, -0.1) is 0 Å². The van der Waals surface area contributed by atoms with Crippen LogP contribution < -0.4 is 10.6 Å². The molecule has 0 bridgehead atoms. The highest BCUT2D eigenvalue weighted by molar-refractivity contribution is 5.91. The molecule has 0 spiro atoms. The predicted octanol–water partition coefficient (Wildman–Crippen LogP) is 2.76. The summed E-state index contributed by atoms with van der Waals surface area (Å²) in [6.07, 6.45) is 0. The fourth-order valence-corrected chi connectivity index (χ4v) is 1.27. The van der Waals surface area contributed by atoms with E-state index in [2.05, 4.69) is 10.6 Å². The standard InChI is InChI=1S/C12H13F2N3O/c1-12(2,3)17-11(18)16-10-7(6-15)4-8(13)5-9(10)14/h4-5H,1-3H3,(H2,16,17,18). The molecule has 0 saturated carbocycles. The van der Waals surface area contributed by atoms with E-state index in [4.69, 9.17) is 5.26 Å². The van der Waals surface area contributed by atoms with Gasteiger partial charge in [-0.1, -0.05) is 0 Å². The van der Waals surface area contributed by atoms with Gasteiger partial charge in [-0.3, -0.25) is 0 Å². The van der Waals surface area contributed by atoms with Crippen LogP contribution in [0.1, 0.15) is 26.3 Å². The molecule has 6 heteroatoms. The van der Waals surface area contributed by atoms with Gasteiger partial charge in [0.05, 0.1) is 11.3 Å². The number of halogens is 2. The second kappa shape index (κ2) is 5.00. The SMILES string of the molecule is CC(C)(C)NC(=O)Nc1c(F)cc(F)cc1C#N. The number of carbonyl (C=O) groups excluding carboxylic acids is 1. The number of nitrogens with zero attached hydrogens (tertiary/aromatic N) is 1. The number of rotatable bonds is 1. The second-order valence-corrected chi connectivity index (χ2v) is 4.75. The summed E-state index contributed by atoms with van der Waals surface area (Å²) in [4.78, 5) is 11.5. The first kappa shape index (κ1) is 13.9. The average Bonchev–Trinajstić information content (AvgIpc) is 2.18. The summed E-state index contributed by atoms with van der Waals surface area (Å²) in [6, 6.07) is 2.42. The number of anilines is 1. The second-order valence-electron chi connectivity index (χ2n) is 4.75. The minimum Gasteiger partial charge on any atom is -0.333 e. The molecule has 2 N–H and O–H groups in total. The van der Waals surface area contributed by atoms with Crippen molar-refractivity contribution in [3.8, 4) is 6.07 Å². The van der Waals surface area contributed by atoms with Crippen LogP contribution in [-0.4, -0.2) is 11.6 Å². The highest BCUT2D eigenvalue weighted by Gasteiger charge is 2.17. The lowest BCUT2D eigenvalue weighted by Crippen LogP contribution is -2.43. The maximum atomic E-state index is 13.5. The molecular formula is C12H13F2N3O. The Morgan fingerprint density at radius 3 is 2.44 bits per heavy atom. The fourth-order valence-electron chi connectivity index (χ4n) is 1.27. The van der Waals surface area contributed by atoms with Gasteiger partial charge in [0.1, 0.15) is 11.9 Å². The number of hydrogen-bond acceptors (Lipinski definition) is 2. The minimum absolute atomic E-state index is 0.267. The molecule has 1 aromatic carbocycles. The summed E-state index contributed by atoms with van der Waals surface area (Å²) >= 11 is 0. The number of benzene rings is 1. The van der Waals surface area contributed by atoms with E-state index in [1.165, 1.54) is 0 Å². The van der Waals surface area contributed by atoms with Crippen molar-refractivity contribution in [1.29, 1.82) is 5.26 Å². The third kappa shape index (κ3) is 3.70. The quantitative estimate of drug-likeness (QED) is 0.808. The van der Waals surface area contributed by atoms with Gasteiger partial charge in [0.2, 0.25) is 0 Å². The van der Waals surface area contributed by atoms with Crippen molar-refractivity contribution in [2.24, 2.45) is 0 Å². The van der Waals surface area contributed by atoms with Crippen LogP contribution in [0.15, 0.2) is 12.1 Å². The Balaban J connectivity index is 2.98. The molecule has 0 aliphatic heterocycles. The van der Waals surface area contributed by atoms with Gasteiger partial charge in [-0.2, -0.15) is 5.26 Å². The van der Waals surface area contributed by atoms with Crippen molar-refractivity contribution in [3.05, 3.63) is 29.3 Å². The highest BCUT2D eigenvalue weighted by Crippen LogP contribution is 2.21. The van der Waals surface area contributed by atoms with Crippen LogP contribution >= 0.6 is 0 Å². The first-order valence-electron chi connectivity index (χ1n) is 5.21. The number of nitriles is 1. The number of carbonyl (C=O) groups is 1. The molecule has 0 aromatic heterocycles. The zero-order valence-electron chi connectivity index (χ0n) is 10.3. The van der Waals surface area contributed by atoms with Gasteiger partial charge in [0.15, 0.2) is 5.82 Å². The van der Waals surface area contributed by atoms with E-state index in [9.17, 15) is 13.6 Å². The van der Waals surface area contributed by atoms with Crippen molar-refractivity contribution < 1.29 is 13.6 Å². The van der Waals surface area contributed by atoms with Gasteiger partial charge < -0.3 is 10.6 Å². The van der Waals surface area contributed by atoms with Crippen LogP contribution in [0, 0.1) is 23.0 Å². The van der Waals surface area contributed by atoms with Gasteiger partial charge in [0.25, 0.3) is 0 Å². The number of hydrogen-bond donors (Lipinski definition) is 2. The van der Waals surface area contributed by atoms with Gasteiger partial charge in [-0.05, 0) is 26.8 Å². The van der Waals surface area contributed by atoms with E-state index in [1.807, 2.05) is 0 Å². The molecule has 0 fully saturated rings. The summed E-state index contributed by atoms with van der Waals surface area (Å²) in [6.45, 7) is 5.25. The lowest BCUT2D eigenvalue weighted by molar-refractivity contribution is 0.243. The molecule has 2 amide bonds. The smallest absolute Gasteiger partial charge is 0.319 e. The average molecular weight is 253 g/mol. The van der Waals surface area contributed by atoms with Crippen LogP contribution in [0.5, 0.6) is 0 Å². The summed E-state index contributed by atoms with van der Waals surface area (Å²) in [5.74, 6) is -1.86. The Labute approximate surface area is 104 Å². The molecule has 0 unspecified atom stereocenters. The molecule has 18 heavy (non-hydrogen) atoms. The molecule has 96 valence electrons. The molecular weight excluding hydrogens is 240 g/mol. The Kier molecular flexibility index (Phi) is 3.86. The van der Waals surface area contributed by atoms with E-state index in [1.54, 1.807) is 26.8 Å². The number of urea groups is 1. The maximum Gasteiger partial charge on any atom is 0.319 e. The number of amides is 2. The lowest BCUT2D eigenvalue weighted by Gasteiger charge is -2.21. The molecule has 0 aliphatic rings. The monoisotopic (exact) mass is 253 g/mol. The van der Waals surface area contributed by atoms with Gasteiger partial charge in [0, 0.05) is 11.6 Å². The molecule has 1 rings (SSSR count). The Bertz CT molecular complexity index is 515. The molecule has 0 radical (unpaired) electrons. The third-order valence-electron chi connectivity index (χ3n) is 1.90. The van der Waals surface area contributed by atoms with Crippen LogP contribution in [0.4, 0.5) is 19.3 Å². The summed E-state index contributed by atoms with van der Waals surface area (Å²) < 4.78 is 26.3. The summed E-state index contributed by atoms with van der Waals surface area (Å²) in [5.41, 5.74) is -1.11. The Hall–Kier alpha value is -2.16. The molecule has 0 saturated heterocycles. The van der Waals surface area contributed by atoms with Gasteiger partial charge >= 0.3 is 6.03 Å². The van der Waals surface area contributed by atoms with E-state index < -0.39 is 23.2 Å². The van der Waals surface area contributed by atoms with E-state index in [0.717, 1.165) is 6.07 Å².